The molecule has 0 saturated heterocycles. The summed E-state index contributed by atoms with van der Waals surface area (Å²) < 4.78 is 41.9. The number of esters is 2. The van der Waals surface area contributed by atoms with E-state index in [1.807, 2.05) is 0 Å². The summed E-state index contributed by atoms with van der Waals surface area (Å²) in [7, 11) is 1.23. The summed E-state index contributed by atoms with van der Waals surface area (Å²) >= 11 is 0. The number of nitrogens with two attached hydrogens (primary N) is 1. The molecule has 34 heavy (non-hydrogen) atoms. The Morgan fingerprint density at radius 1 is 1.15 bits per heavy atom. The molecule has 2 atom stereocenters. The van der Waals surface area contributed by atoms with Crippen molar-refractivity contribution in [2.75, 3.05) is 7.11 Å². The number of ether oxygens (including phenoxy) is 2. The van der Waals surface area contributed by atoms with Crippen molar-refractivity contribution < 1.29 is 46.9 Å². The maximum absolute atomic E-state index is 12.3. The maximum Gasteiger partial charge on any atom is 0.490 e. The van der Waals surface area contributed by atoms with Crippen LogP contribution in [-0.4, -0.2) is 48.2 Å². The van der Waals surface area contributed by atoms with Gasteiger partial charge in [0.1, 0.15) is 5.75 Å². The topological polar surface area (TPSA) is 145 Å². The van der Waals surface area contributed by atoms with Crippen molar-refractivity contribution in [1.82, 2.24) is 5.32 Å². The third-order valence-electron chi connectivity index (χ3n) is 3.95. The largest absolute Gasteiger partial charge is 0.490 e. The van der Waals surface area contributed by atoms with Crippen molar-refractivity contribution >= 4 is 23.8 Å². The summed E-state index contributed by atoms with van der Waals surface area (Å²) in [6.45, 7) is 10.2. The fourth-order valence-electron chi connectivity index (χ4n) is 2.51. The van der Waals surface area contributed by atoms with Gasteiger partial charge >= 0.3 is 24.1 Å². The third-order valence-corrected chi connectivity index (χ3v) is 3.95. The highest BCUT2D eigenvalue weighted by Crippen LogP contribution is 2.31. The van der Waals surface area contributed by atoms with Gasteiger partial charge in [0.25, 0.3) is 0 Å². The van der Waals surface area contributed by atoms with Crippen molar-refractivity contribution in [3.8, 4) is 5.75 Å². The second kappa shape index (κ2) is 13.8. The van der Waals surface area contributed by atoms with E-state index in [1.54, 1.807) is 24.3 Å². The third kappa shape index (κ3) is 9.86. The molecular formula is C22H27F3N2O7. The van der Waals surface area contributed by atoms with Crippen molar-refractivity contribution in [2.24, 2.45) is 5.73 Å². The molecule has 0 bridgehead atoms. The van der Waals surface area contributed by atoms with Crippen LogP contribution in [-0.2, 0) is 36.8 Å². The number of carboxylic acids is 1. The number of allylic oxidation sites excluding steroid dienone is 2. The summed E-state index contributed by atoms with van der Waals surface area (Å²) in [6, 6.07) is 1.51. The van der Waals surface area contributed by atoms with E-state index in [9.17, 15) is 27.6 Å². The SMILES string of the molecule is C=CCc1cc(C(NC(=O)[C@@H](C)N)C(=O)OC)cc(CC=C)c1OC(C)=O.O=C(O)C(F)(F)F. The van der Waals surface area contributed by atoms with Crippen LogP contribution >= 0.6 is 0 Å². The van der Waals surface area contributed by atoms with E-state index < -0.39 is 42.1 Å². The highest BCUT2D eigenvalue weighted by atomic mass is 19.4. The summed E-state index contributed by atoms with van der Waals surface area (Å²) in [5.74, 6) is -3.96. The molecule has 0 heterocycles. The second-order valence-corrected chi connectivity index (χ2v) is 6.80. The molecule has 0 aliphatic rings. The number of carboxylic acid groups (broad SMARTS) is 1. The number of alkyl halides is 3. The molecule has 188 valence electrons. The van der Waals surface area contributed by atoms with E-state index in [2.05, 4.69) is 18.5 Å². The van der Waals surface area contributed by atoms with Crippen molar-refractivity contribution in [3.63, 3.8) is 0 Å². The summed E-state index contributed by atoms with van der Waals surface area (Å²) in [5, 5.41) is 9.71. The zero-order chi connectivity index (χ0) is 26.6. The molecule has 1 rings (SSSR count). The maximum atomic E-state index is 12.3. The summed E-state index contributed by atoms with van der Waals surface area (Å²) in [4.78, 5) is 44.7. The number of benzene rings is 1. The minimum atomic E-state index is -5.08. The Hall–Kier alpha value is -3.67. The number of halogens is 3. The smallest absolute Gasteiger partial charge is 0.475 e. The molecule has 1 unspecified atom stereocenters. The number of carbonyl (C=O) groups excluding carboxylic acids is 3. The fourth-order valence-corrected chi connectivity index (χ4v) is 2.51. The van der Waals surface area contributed by atoms with Gasteiger partial charge in [0.15, 0.2) is 6.04 Å². The van der Waals surface area contributed by atoms with Crippen molar-refractivity contribution in [2.45, 2.75) is 44.9 Å². The first-order valence-electron chi connectivity index (χ1n) is 9.69. The first-order valence-corrected chi connectivity index (χ1v) is 9.69. The Balaban J connectivity index is 0.00000135. The van der Waals surface area contributed by atoms with E-state index in [0.29, 0.717) is 35.3 Å². The monoisotopic (exact) mass is 488 g/mol. The Bertz CT molecular complexity index is 897. The van der Waals surface area contributed by atoms with Crippen LogP contribution in [0.4, 0.5) is 13.2 Å². The molecule has 12 heteroatoms. The van der Waals surface area contributed by atoms with E-state index in [4.69, 9.17) is 25.1 Å². The first-order chi connectivity index (χ1) is 15.7. The molecule has 0 aliphatic heterocycles. The normalized spacial score (nSPS) is 12.2. The van der Waals surface area contributed by atoms with Crippen LogP contribution in [0.1, 0.15) is 36.6 Å². The standard InChI is InChI=1S/C20H26N2O5.C2HF3O2/c1-6-8-14-10-16(11-15(9-7-2)18(14)27-13(4)23)17(20(25)26-5)22-19(24)12(3)21;3-2(4,5)1(6)7/h6-7,10-12,17H,1-2,8-9,21H2,3-5H3,(H,22,24);(H,6,7)/t12-,17?;/m1./s1. The molecule has 0 aliphatic carbocycles. The number of hydrogen-bond donors (Lipinski definition) is 3. The van der Waals surface area contributed by atoms with Crippen molar-refractivity contribution in [1.29, 1.82) is 0 Å². The number of hydrogen-bond acceptors (Lipinski definition) is 7. The van der Waals surface area contributed by atoms with Crippen LogP contribution in [0.25, 0.3) is 0 Å². The number of methoxy groups -OCH3 is 1. The van der Waals surface area contributed by atoms with Crippen LogP contribution in [0, 0.1) is 0 Å². The molecule has 9 nitrogen and oxygen atoms in total. The second-order valence-electron chi connectivity index (χ2n) is 6.80. The number of rotatable bonds is 9. The lowest BCUT2D eigenvalue weighted by atomic mass is 9.95. The van der Waals surface area contributed by atoms with Crippen LogP contribution in [0.3, 0.4) is 0 Å². The van der Waals surface area contributed by atoms with Gasteiger partial charge in [-0.3, -0.25) is 9.59 Å². The van der Waals surface area contributed by atoms with E-state index in [0.717, 1.165) is 0 Å². The number of nitrogens with one attached hydrogen (secondary N) is 1. The van der Waals surface area contributed by atoms with Gasteiger partial charge in [-0.1, -0.05) is 12.2 Å². The lowest BCUT2D eigenvalue weighted by Gasteiger charge is -2.21. The molecule has 0 radical (unpaired) electrons. The van der Waals surface area contributed by atoms with Crippen LogP contribution in [0.15, 0.2) is 37.4 Å². The van der Waals surface area contributed by atoms with E-state index in [-0.39, 0.29) is 0 Å². The molecule has 1 aromatic rings. The van der Waals surface area contributed by atoms with Gasteiger partial charge in [-0.25, -0.2) is 9.59 Å². The Morgan fingerprint density at radius 3 is 1.88 bits per heavy atom. The zero-order valence-electron chi connectivity index (χ0n) is 18.9. The zero-order valence-corrected chi connectivity index (χ0v) is 18.9. The van der Waals surface area contributed by atoms with Gasteiger partial charge in [0.05, 0.1) is 13.2 Å². The van der Waals surface area contributed by atoms with Gasteiger partial charge in [-0.15, -0.1) is 13.2 Å². The van der Waals surface area contributed by atoms with Gasteiger partial charge < -0.3 is 25.6 Å². The predicted molar refractivity (Wildman–Crippen MR) is 116 cm³/mol. The number of amides is 1. The molecule has 0 spiro atoms. The average Bonchev–Trinajstić information content (AvgIpc) is 2.73. The molecule has 1 aromatic carbocycles. The van der Waals surface area contributed by atoms with Crippen LogP contribution in [0.2, 0.25) is 0 Å². The van der Waals surface area contributed by atoms with E-state index in [1.165, 1.54) is 21.0 Å². The van der Waals surface area contributed by atoms with Gasteiger partial charge in [0, 0.05) is 6.92 Å². The minimum absolute atomic E-state index is 0.396. The van der Waals surface area contributed by atoms with Gasteiger partial charge in [-0.05, 0) is 48.6 Å². The summed E-state index contributed by atoms with van der Waals surface area (Å²) in [6.07, 6.45) is -0.986. The lowest BCUT2D eigenvalue weighted by Crippen LogP contribution is -2.43. The number of carbonyl (C=O) groups is 4. The number of aliphatic carboxylic acids is 1. The lowest BCUT2D eigenvalue weighted by molar-refractivity contribution is -0.192. The Labute approximate surface area is 194 Å². The molecule has 4 N–H and O–H groups in total. The highest BCUT2D eigenvalue weighted by molar-refractivity contribution is 5.88. The van der Waals surface area contributed by atoms with E-state index >= 15 is 0 Å². The minimum Gasteiger partial charge on any atom is -0.475 e. The van der Waals surface area contributed by atoms with Crippen molar-refractivity contribution in [3.05, 3.63) is 54.1 Å². The first kappa shape index (κ1) is 30.3. The van der Waals surface area contributed by atoms with Crippen LogP contribution < -0.4 is 15.8 Å². The molecule has 0 aromatic heterocycles. The molecule has 0 fully saturated rings. The van der Waals surface area contributed by atoms with Gasteiger partial charge in [-0.2, -0.15) is 13.2 Å². The Morgan fingerprint density at radius 2 is 1.59 bits per heavy atom. The Kier molecular flexibility index (Phi) is 12.3. The molecular weight excluding hydrogens is 461 g/mol. The van der Waals surface area contributed by atoms with Gasteiger partial charge in [0.2, 0.25) is 5.91 Å². The molecule has 0 saturated carbocycles. The molecule has 1 amide bonds. The highest BCUT2D eigenvalue weighted by Gasteiger charge is 2.38. The average molecular weight is 488 g/mol. The quantitative estimate of drug-likeness (QED) is 0.273. The fraction of sp³-hybridized carbons (Fsp3) is 0.364. The van der Waals surface area contributed by atoms with Crippen LogP contribution in [0.5, 0.6) is 5.75 Å². The predicted octanol–water partition coefficient (Wildman–Crippen LogP) is 2.38. The summed E-state index contributed by atoms with van der Waals surface area (Å²) in [5.41, 5.74) is 7.38.